The van der Waals surface area contributed by atoms with Gasteiger partial charge in [0, 0.05) is 20.3 Å². The fourth-order valence-electron chi connectivity index (χ4n) is 1.81. The number of carbonyl (C=O) groups is 1. The number of hydrogen-bond donors (Lipinski definition) is 0. The summed E-state index contributed by atoms with van der Waals surface area (Å²) in [6.07, 6.45) is 2.48. The molecule has 0 aliphatic heterocycles. The average Bonchev–Trinajstić information content (AvgIpc) is 2.43. The zero-order valence-corrected chi connectivity index (χ0v) is 11.7. The van der Waals surface area contributed by atoms with Crippen LogP contribution in [0.25, 0.3) is 10.4 Å². The van der Waals surface area contributed by atoms with Crippen LogP contribution in [-0.4, -0.2) is 32.1 Å². The minimum atomic E-state index is -0.376. The van der Waals surface area contributed by atoms with Gasteiger partial charge >= 0.3 is 5.97 Å². The number of hydrogen-bond acceptors (Lipinski definition) is 3. The Kier molecular flexibility index (Phi) is 5.13. The van der Waals surface area contributed by atoms with E-state index in [1.165, 1.54) is 7.11 Å². The summed E-state index contributed by atoms with van der Waals surface area (Å²) in [6, 6.07) is 5.33. The highest BCUT2D eigenvalue weighted by atomic mass is 16.5. The highest BCUT2D eigenvalue weighted by molar-refractivity contribution is 6.16. The summed E-state index contributed by atoms with van der Waals surface area (Å²) in [6.45, 7) is 9.03. The Morgan fingerprint density at radius 3 is 2.63 bits per heavy atom. The molecule has 0 radical (unpaired) electrons. The minimum absolute atomic E-state index is 0.376. The van der Waals surface area contributed by atoms with Gasteiger partial charge in [0.1, 0.15) is 0 Å². The molecule has 0 spiro atoms. The van der Waals surface area contributed by atoms with Gasteiger partial charge in [0.05, 0.1) is 19.3 Å². The number of ether oxygens (including phenoxy) is 1. The summed E-state index contributed by atoms with van der Waals surface area (Å²) in [5.41, 5.74) is 2.86. The lowest BCUT2D eigenvalue weighted by Gasteiger charge is -2.14. The SMILES string of the molecule is [C-]#[N+]c1ccc(/C(=C/N(C)C)C(=O)OC)c(CC)c1. The second kappa shape index (κ2) is 6.60. The molecule has 0 N–H and O–H groups in total. The van der Waals surface area contributed by atoms with Crippen LogP contribution in [-0.2, 0) is 16.0 Å². The van der Waals surface area contributed by atoms with Crippen molar-refractivity contribution < 1.29 is 9.53 Å². The first-order valence-corrected chi connectivity index (χ1v) is 6.00. The first-order valence-electron chi connectivity index (χ1n) is 6.00. The van der Waals surface area contributed by atoms with Crippen LogP contribution in [0.3, 0.4) is 0 Å². The molecule has 0 atom stereocenters. The van der Waals surface area contributed by atoms with Gasteiger partial charge in [0.25, 0.3) is 0 Å². The molecule has 0 aromatic heterocycles. The van der Waals surface area contributed by atoms with Crippen molar-refractivity contribution in [3.63, 3.8) is 0 Å². The van der Waals surface area contributed by atoms with Crippen molar-refractivity contribution >= 4 is 17.2 Å². The summed E-state index contributed by atoms with van der Waals surface area (Å²) in [7, 11) is 5.06. The first kappa shape index (κ1) is 14.8. The summed E-state index contributed by atoms with van der Waals surface area (Å²) >= 11 is 0. The number of aryl methyl sites for hydroxylation is 1. The quantitative estimate of drug-likeness (QED) is 0.473. The smallest absolute Gasteiger partial charge is 0.339 e. The molecule has 0 saturated heterocycles. The van der Waals surface area contributed by atoms with E-state index in [1.54, 1.807) is 23.2 Å². The Hall–Kier alpha value is -2.28. The van der Waals surface area contributed by atoms with Crippen molar-refractivity contribution in [2.75, 3.05) is 21.2 Å². The Balaban J connectivity index is 3.39. The van der Waals surface area contributed by atoms with Crippen LogP contribution in [0.1, 0.15) is 18.1 Å². The van der Waals surface area contributed by atoms with Crippen molar-refractivity contribution in [3.8, 4) is 0 Å². The molecule has 0 saturated carbocycles. The Morgan fingerprint density at radius 2 is 2.16 bits per heavy atom. The molecule has 4 nitrogen and oxygen atoms in total. The van der Waals surface area contributed by atoms with E-state index < -0.39 is 0 Å². The number of esters is 1. The maximum absolute atomic E-state index is 11.9. The summed E-state index contributed by atoms with van der Waals surface area (Å²) in [5, 5.41) is 0. The van der Waals surface area contributed by atoms with Gasteiger partial charge in [-0.1, -0.05) is 30.7 Å². The van der Waals surface area contributed by atoms with Crippen molar-refractivity contribution in [2.24, 2.45) is 0 Å². The van der Waals surface area contributed by atoms with E-state index in [2.05, 4.69) is 4.85 Å². The molecule has 0 unspecified atom stereocenters. The van der Waals surface area contributed by atoms with E-state index in [1.807, 2.05) is 27.1 Å². The molecular weight excluding hydrogens is 240 g/mol. The highest BCUT2D eigenvalue weighted by Crippen LogP contribution is 2.26. The molecule has 0 amide bonds. The van der Waals surface area contributed by atoms with Crippen LogP contribution >= 0.6 is 0 Å². The summed E-state index contributed by atoms with van der Waals surface area (Å²) in [4.78, 5) is 17.1. The molecule has 1 aromatic rings. The molecule has 1 rings (SSSR count). The van der Waals surface area contributed by atoms with Crippen molar-refractivity contribution in [1.82, 2.24) is 4.90 Å². The maximum atomic E-state index is 11.9. The van der Waals surface area contributed by atoms with E-state index in [0.717, 1.165) is 17.5 Å². The van der Waals surface area contributed by atoms with Gasteiger partial charge in [0.15, 0.2) is 5.69 Å². The fourth-order valence-corrected chi connectivity index (χ4v) is 1.81. The second-order valence-corrected chi connectivity index (χ2v) is 4.30. The summed E-state index contributed by atoms with van der Waals surface area (Å²) in [5.74, 6) is -0.376. The van der Waals surface area contributed by atoms with E-state index in [4.69, 9.17) is 11.3 Å². The molecule has 4 heteroatoms. The predicted molar refractivity (Wildman–Crippen MR) is 75.8 cm³/mol. The number of rotatable bonds is 4. The fraction of sp³-hybridized carbons (Fsp3) is 0.333. The van der Waals surface area contributed by atoms with Crippen molar-refractivity contribution in [1.29, 1.82) is 0 Å². The lowest BCUT2D eigenvalue weighted by Crippen LogP contribution is -2.11. The molecule has 0 bridgehead atoms. The lowest BCUT2D eigenvalue weighted by atomic mass is 9.98. The first-order chi connectivity index (χ1) is 9.03. The topological polar surface area (TPSA) is 33.9 Å². The van der Waals surface area contributed by atoms with Crippen LogP contribution in [0, 0.1) is 6.57 Å². The van der Waals surface area contributed by atoms with Gasteiger partial charge in [-0.15, -0.1) is 0 Å². The molecule has 0 heterocycles. The lowest BCUT2D eigenvalue weighted by molar-refractivity contribution is -0.133. The van der Waals surface area contributed by atoms with E-state index in [9.17, 15) is 4.79 Å². The number of benzene rings is 1. The third-order valence-corrected chi connectivity index (χ3v) is 2.68. The minimum Gasteiger partial charge on any atom is -0.465 e. The molecule has 100 valence electrons. The summed E-state index contributed by atoms with van der Waals surface area (Å²) < 4.78 is 4.83. The molecule has 0 aliphatic rings. The van der Waals surface area contributed by atoms with Crippen LogP contribution < -0.4 is 0 Å². The second-order valence-electron chi connectivity index (χ2n) is 4.30. The van der Waals surface area contributed by atoms with Crippen LogP contribution in [0.5, 0.6) is 0 Å². The van der Waals surface area contributed by atoms with Crippen LogP contribution in [0.4, 0.5) is 5.69 Å². The normalized spacial score (nSPS) is 10.8. The molecule has 0 fully saturated rings. The standard InChI is InChI=1S/C15H18N2O2/c1-6-11-9-12(16-2)7-8-13(11)14(10-17(3)4)15(18)19-5/h7-10H,6H2,1,3-5H3/b14-10-. The van der Waals surface area contributed by atoms with Gasteiger partial charge in [-0.25, -0.2) is 9.64 Å². The third-order valence-electron chi connectivity index (χ3n) is 2.68. The van der Waals surface area contributed by atoms with Gasteiger partial charge in [-0.05, 0) is 12.0 Å². The van der Waals surface area contributed by atoms with Gasteiger partial charge in [-0.2, -0.15) is 0 Å². The Bertz CT molecular complexity index is 540. The molecule has 1 aromatic carbocycles. The Morgan fingerprint density at radius 1 is 1.47 bits per heavy atom. The zero-order chi connectivity index (χ0) is 14.4. The Labute approximate surface area is 114 Å². The van der Waals surface area contributed by atoms with E-state index >= 15 is 0 Å². The number of nitrogens with zero attached hydrogens (tertiary/aromatic N) is 2. The third kappa shape index (κ3) is 3.59. The number of methoxy groups -OCH3 is 1. The largest absolute Gasteiger partial charge is 0.465 e. The van der Waals surface area contributed by atoms with Gasteiger partial charge < -0.3 is 9.64 Å². The zero-order valence-electron chi connectivity index (χ0n) is 11.7. The predicted octanol–water partition coefficient (Wildman–Crippen LogP) is 2.88. The van der Waals surface area contributed by atoms with E-state index in [-0.39, 0.29) is 5.97 Å². The highest BCUT2D eigenvalue weighted by Gasteiger charge is 2.16. The maximum Gasteiger partial charge on any atom is 0.339 e. The number of carbonyl (C=O) groups excluding carboxylic acids is 1. The van der Waals surface area contributed by atoms with E-state index in [0.29, 0.717) is 11.3 Å². The van der Waals surface area contributed by atoms with Gasteiger partial charge in [0.2, 0.25) is 0 Å². The monoisotopic (exact) mass is 258 g/mol. The molecule has 0 aliphatic carbocycles. The van der Waals surface area contributed by atoms with Crippen LogP contribution in [0.2, 0.25) is 0 Å². The van der Waals surface area contributed by atoms with Crippen molar-refractivity contribution in [2.45, 2.75) is 13.3 Å². The van der Waals surface area contributed by atoms with Gasteiger partial charge in [-0.3, -0.25) is 0 Å². The van der Waals surface area contributed by atoms with Crippen molar-refractivity contribution in [3.05, 3.63) is 46.9 Å². The molecular formula is C15H18N2O2. The van der Waals surface area contributed by atoms with Crippen LogP contribution in [0.15, 0.2) is 24.4 Å². The average molecular weight is 258 g/mol. The molecule has 19 heavy (non-hydrogen) atoms.